The van der Waals surface area contributed by atoms with Gasteiger partial charge in [0.05, 0.1) is 0 Å². The molecule has 7 heteroatoms. The van der Waals surface area contributed by atoms with Crippen molar-refractivity contribution in [2.24, 2.45) is 0 Å². The molecule has 138 valence electrons. The van der Waals surface area contributed by atoms with Crippen LogP contribution in [0.4, 0.5) is 17.7 Å². The molecule has 1 aromatic carbocycles. The third-order valence-corrected chi connectivity index (χ3v) is 4.60. The normalized spacial score (nSPS) is 14.2. The summed E-state index contributed by atoms with van der Waals surface area (Å²) < 4.78 is 0. The largest absolute Gasteiger partial charge is 0.370 e. The molecule has 0 aliphatic carbocycles. The molecule has 1 N–H and O–H groups in total. The van der Waals surface area contributed by atoms with Crippen molar-refractivity contribution in [1.29, 1.82) is 0 Å². The van der Waals surface area contributed by atoms with Gasteiger partial charge in [-0.1, -0.05) is 30.3 Å². The molecule has 7 nitrogen and oxygen atoms in total. The van der Waals surface area contributed by atoms with Crippen LogP contribution in [0.5, 0.6) is 0 Å². The Morgan fingerprint density at radius 3 is 2.15 bits per heavy atom. The zero-order chi connectivity index (χ0) is 18.3. The molecule has 4 rings (SSSR count). The lowest BCUT2D eigenvalue weighted by atomic mass is 10.1. The van der Waals surface area contributed by atoms with Crippen molar-refractivity contribution in [3.8, 4) is 0 Å². The molecular weight excluding hydrogens is 338 g/mol. The van der Waals surface area contributed by atoms with Gasteiger partial charge in [0.15, 0.2) is 0 Å². The van der Waals surface area contributed by atoms with Gasteiger partial charge in [0.2, 0.25) is 11.9 Å². The van der Waals surface area contributed by atoms with Gasteiger partial charge in [-0.05, 0) is 24.1 Å². The number of piperazine rings is 1. The quantitative estimate of drug-likeness (QED) is 0.722. The fraction of sp³-hybridized carbons (Fsp3) is 0.300. The summed E-state index contributed by atoms with van der Waals surface area (Å²) in [6, 6.07) is 14.2. The maximum atomic E-state index is 4.68. The maximum absolute atomic E-state index is 4.68. The monoisotopic (exact) mass is 361 g/mol. The van der Waals surface area contributed by atoms with Gasteiger partial charge < -0.3 is 15.1 Å². The average molecular weight is 361 g/mol. The van der Waals surface area contributed by atoms with Crippen molar-refractivity contribution < 1.29 is 0 Å². The molecule has 1 fully saturated rings. The standard InChI is InChI=1S/C20H23N7/c1-2-5-17(6-3-1)7-11-21-18-8-12-24-20(25-18)27-15-13-26(14-16-27)19-22-9-4-10-23-19/h1-6,8-10,12H,7,11,13-16H2,(H,21,24,25). The third-order valence-electron chi connectivity index (χ3n) is 4.60. The summed E-state index contributed by atoms with van der Waals surface area (Å²) in [6.07, 6.45) is 6.35. The third kappa shape index (κ3) is 4.49. The highest BCUT2D eigenvalue weighted by Crippen LogP contribution is 2.16. The Balaban J connectivity index is 1.31. The highest BCUT2D eigenvalue weighted by molar-refractivity contribution is 5.43. The number of rotatable bonds is 6. The minimum atomic E-state index is 0.772. The number of hydrogen-bond acceptors (Lipinski definition) is 7. The zero-order valence-electron chi connectivity index (χ0n) is 15.2. The Labute approximate surface area is 159 Å². The second-order valence-electron chi connectivity index (χ2n) is 6.43. The molecule has 1 saturated heterocycles. The molecular formula is C20H23N7. The van der Waals surface area contributed by atoms with Crippen LogP contribution in [0.25, 0.3) is 0 Å². The van der Waals surface area contributed by atoms with E-state index >= 15 is 0 Å². The van der Waals surface area contributed by atoms with Gasteiger partial charge >= 0.3 is 0 Å². The predicted molar refractivity (Wildman–Crippen MR) is 107 cm³/mol. The van der Waals surface area contributed by atoms with Gasteiger partial charge in [-0.25, -0.2) is 15.0 Å². The SMILES string of the molecule is c1ccc(CCNc2ccnc(N3CCN(c4ncccn4)CC3)n2)cc1. The Kier molecular flexibility index (Phi) is 5.38. The summed E-state index contributed by atoms with van der Waals surface area (Å²) in [5.74, 6) is 2.42. The lowest BCUT2D eigenvalue weighted by molar-refractivity contribution is 0.628. The van der Waals surface area contributed by atoms with Gasteiger partial charge in [-0.15, -0.1) is 0 Å². The van der Waals surface area contributed by atoms with Gasteiger partial charge in [0, 0.05) is 51.3 Å². The van der Waals surface area contributed by atoms with Crippen LogP contribution in [0.1, 0.15) is 5.56 Å². The number of benzene rings is 1. The van der Waals surface area contributed by atoms with Crippen molar-refractivity contribution >= 4 is 17.7 Å². The smallest absolute Gasteiger partial charge is 0.227 e. The van der Waals surface area contributed by atoms with Crippen molar-refractivity contribution in [2.75, 3.05) is 47.8 Å². The summed E-state index contributed by atoms with van der Waals surface area (Å²) in [5.41, 5.74) is 1.32. The van der Waals surface area contributed by atoms with Crippen LogP contribution in [-0.4, -0.2) is 52.7 Å². The van der Waals surface area contributed by atoms with E-state index in [0.717, 1.165) is 56.9 Å². The van der Waals surface area contributed by atoms with Crippen LogP contribution in [0, 0.1) is 0 Å². The van der Waals surface area contributed by atoms with E-state index < -0.39 is 0 Å². The lowest BCUT2D eigenvalue weighted by Crippen LogP contribution is -2.47. The molecule has 3 aromatic rings. The van der Waals surface area contributed by atoms with E-state index in [9.17, 15) is 0 Å². The van der Waals surface area contributed by atoms with E-state index in [2.05, 4.69) is 59.3 Å². The minimum Gasteiger partial charge on any atom is -0.370 e. The fourth-order valence-electron chi connectivity index (χ4n) is 3.14. The second-order valence-corrected chi connectivity index (χ2v) is 6.43. The highest BCUT2D eigenvalue weighted by atomic mass is 15.4. The molecule has 0 amide bonds. The summed E-state index contributed by atoms with van der Waals surface area (Å²) in [6.45, 7) is 4.27. The summed E-state index contributed by atoms with van der Waals surface area (Å²) in [7, 11) is 0. The van der Waals surface area contributed by atoms with Crippen molar-refractivity contribution in [1.82, 2.24) is 19.9 Å². The van der Waals surface area contributed by atoms with E-state index in [1.807, 2.05) is 24.4 Å². The number of aromatic nitrogens is 4. The zero-order valence-corrected chi connectivity index (χ0v) is 15.2. The molecule has 3 heterocycles. The number of hydrogen-bond donors (Lipinski definition) is 1. The van der Waals surface area contributed by atoms with Crippen LogP contribution in [-0.2, 0) is 6.42 Å². The molecule has 0 unspecified atom stereocenters. The molecule has 27 heavy (non-hydrogen) atoms. The second kappa shape index (κ2) is 8.44. The first-order chi connectivity index (χ1) is 13.4. The van der Waals surface area contributed by atoms with E-state index in [-0.39, 0.29) is 0 Å². The molecule has 2 aromatic heterocycles. The minimum absolute atomic E-state index is 0.772. The number of anilines is 3. The molecule has 0 bridgehead atoms. The summed E-state index contributed by atoms with van der Waals surface area (Å²) in [5, 5.41) is 3.40. The molecule has 1 aliphatic heterocycles. The first-order valence-corrected chi connectivity index (χ1v) is 9.26. The van der Waals surface area contributed by atoms with E-state index in [0.29, 0.717) is 0 Å². The van der Waals surface area contributed by atoms with E-state index in [1.165, 1.54) is 5.56 Å². The van der Waals surface area contributed by atoms with Gasteiger partial charge in [-0.3, -0.25) is 0 Å². The fourth-order valence-corrected chi connectivity index (χ4v) is 3.14. The van der Waals surface area contributed by atoms with Crippen molar-refractivity contribution in [2.45, 2.75) is 6.42 Å². The Morgan fingerprint density at radius 2 is 1.41 bits per heavy atom. The lowest BCUT2D eigenvalue weighted by Gasteiger charge is -2.34. The number of nitrogens with zero attached hydrogens (tertiary/aromatic N) is 6. The van der Waals surface area contributed by atoms with Crippen molar-refractivity contribution in [3.05, 3.63) is 66.6 Å². The molecule has 1 aliphatic rings. The predicted octanol–water partition coefficient (Wildman–Crippen LogP) is 2.25. The van der Waals surface area contributed by atoms with Gasteiger partial charge in [0.1, 0.15) is 5.82 Å². The van der Waals surface area contributed by atoms with Crippen LogP contribution in [0.2, 0.25) is 0 Å². The van der Waals surface area contributed by atoms with Gasteiger partial charge in [-0.2, -0.15) is 4.98 Å². The van der Waals surface area contributed by atoms with Crippen LogP contribution in [0.3, 0.4) is 0 Å². The highest BCUT2D eigenvalue weighted by Gasteiger charge is 2.20. The Hall–Kier alpha value is -3.22. The molecule has 0 atom stereocenters. The molecule has 0 saturated carbocycles. The van der Waals surface area contributed by atoms with Crippen LogP contribution in [0.15, 0.2) is 61.1 Å². The number of nitrogens with one attached hydrogen (secondary N) is 1. The van der Waals surface area contributed by atoms with Gasteiger partial charge in [0.25, 0.3) is 0 Å². The van der Waals surface area contributed by atoms with E-state index in [4.69, 9.17) is 0 Å². The average Bonchev–Trinajstić information content (AvgIpc) is 2.76. The first kappa shape index (κ1) is 17.2. The Morgan fingerprint density at radius 1 is 0.741 bits per heavy atom. The van der Waals surface area contributed by atoms with E-state index in [1.54, 1.807) is 12.4 Å². The topological polar surface area (TPSA) is 70.1 Å². The summed E-state index contributed by atoms with van der Waals surface area (Å²) in [4.78, 5) is 22.2. The Bertz CT molecular complexity index is 833. The summed E-state index contributed by atoms with van der Waals surface area (Å²) >= 11 is 0. The maximum Gasteiger partial charge on any atom is 0.227 e. The van der Waals surface area contributed by atoms with Crippen molar-refractivity contribution in [3.63, 3.8) is 0 Å². The van der Waals surface area contributed by atoms with Crippen LogP contribution < -0.4 is 15.1 Å². The first-order valence-electron chi connectivity index (χ1n) is 9.26. The van der Waals surface area contributed by atoms with Crippen LogP contribution >= 0.6 is 0 Å². The molecule has 0 spiro atoms. The molecule has 0 radical (unpaired) electrons.